The predicted molar refractivity (Wildman–Crippen MR) is 73.5 cm³/mol. The van der Waals surface area contributed by atoms with E-state index in [0.717, 1.165) is 29.0 Å². The second-order valence-electron chi connectivity index (χ2n) is 4.76. The SMILES string of the molecule is COc1ccccc1-c1c(N)n[nH]c1CC(C)C. The Labute approximate surface area is 107 Å². The number of benzene rings is 1. The predicted octanol–water partition coefficient (Wildman–Crippen LogP) is 2.87. The van der Waals surface area contributed by atoms with Gasteiger partial charge >= 0.3 is 0 Å². The molecule has 18 heavy (non-hydrogen) atoms. The van der Waals surface area contributed by atoms with Crippen LogP contribution in [0, 0.1) is 5.92 Å². The van der Waals surface area contributed by atoms with Gasteiger partial charge in [-0.2, -0.15) is 5.10 Å². The number of H-pyrrole nitrogens is 1. The molecule has 4 nitrogen and oxygen atoms in total. The number of nitrogens with one attached hydrogen (secondary N) is 1. The monoisotopic (exact) mass is 245 g/mol. The minimum absolute atomic E-state index is 0.523. The average Bonchev–Trinajstić information content (AvgIpc) is 2.69. The van der Waals surface area contributed by atoms with Crippen LogP contribution in [0.2, 0.25) is 0 Å². The number of nitrogen functional groups attached to an aromatic ring is 1. The Morgan fingerprint density at radius 1 is 1.33 bits per heavy atom. The van der Waals surface area contributed by atoms with Gasteiger partial charge in [0.25, 0.3) is 0 Å². The third-order valence-electron chi connectivity index (χ3n) is 2.86. The zero-order valence-corrected chi connectivity index (χ0v) is 11.0. The van der Waals surface area contributed by atoms with E-state index in [-0.39, 0.29) is 0 Å². The molecule has 0 atom stereocenters. The number of methoxy groups -OCH3 is 1. The lowest BCUT2D eigenvalue weighted by Crippen LogP contribution is -1.98. The Morgan fingerprint density at radius 2 is 2.06 bits per heavy atom. The minimum atomic E-state index is 0.523. The molecule has 0 fully saturated rings. The van der Waals surface area contributed by atoms with Crippen LogP contribution in [0.25, 0.3) is 11.1 Å². The van der Waals surface area contributed by atoms with Crippen molar-refractivity contribution in [2.75, 3.05) is 12.8 Å². The molecule has 0 radical (unpaired) electrons. The first kappa shape index (κ1) is 12.5. The maximum absolute atomic E-state index is 5.97. The van der Waals surface area contributed by atoms with E-state index in [4.69, 9.17) is 10.5 Å². The van der Waals surface area contributed by atoms with Crippen molar-refractivity contribution in [2.45, 2.75) is 20.3 Å². The molecule has 0 aliphatic rings. The van der Waals surface area contributed by atoms with Crippen LogP contribution in [0.1, 0.15) is 19.5 Å². The van der Waals surface area contributed by atoms with Gasteiger partial charge in [0, 0.05) is 11.3 Å². The summed E-state index contributed by atoms with van der Waals surface area (Å²) >= 11 is 0. The maximum Gasteiger partial charge on any atom is 0.153 e. The van der Waals surface area contributed by atoms with Crippen molar-refractivity contribution in [3.63, 3.8) is 0 Å². The third-order valence-corrected chi connectivity index (χ3v) is 2.86. The smallest absolute Gasteiger partial charge is 0.153 e. The molecule has 4 heteroatoms. The van der Waals surface area contributed by atoms with Crippen LogP contribution in [0.3, 0.4) is 0 Å². The first-order chi connectivity index (χ1) is 8.63. The Balaban J connectivity index is 2.52. The van der Waals surface area contributed by atoms with E-state index in [1.54, 1.807) is 7.11 Å². The van der Waals surface area contributed by atoms with Gasteiger partial charge in [0.1, 0.15) is 5.75 Å². The zero-order chi connectivity index (χ0) is 13.1. The number of hydrogen-bond donors (Lipinski definition) is 2. The van der Waals surface area contributed by atoms with Gasteiger partial charge in [-0.25, -0.2) is 0 Å². The molecular weight excluding hydrogens is 226 g/mol. The van der Waals surface area contributed by atoms with Crippen LogP contribution in [0.4, 0.5) is 5.82 Å². The summed E-state index contributed by atoms with van der Waals surface area (Å²) in [6.07, 6.45) is 0.914. The molecule has 0 unspecified atom stereocenters. The molecule has 0 aliphatic carbocycles. The zero-order valence-electron chi connectivity index (χ0n) is 11.0. The number of nitrogens with zero attached hydrogens (tertiary/aromatic N) is 1. The number of para-hydroxylation sites is 1. The van der Waals surface area contributed by atoms with E-state index in [1.165, 1.54) is 0 Å². The molecule has 2 aromatic rings. The van der Waals surface area contributed by atoms with Gasteiger partial charge in [0.05, 0.1) is 12.7 Å². The van der Waals surface area contributed by atoms with Gasteiger partial charge in [-0.3, -0.25) is 5.10 Å². The van der Waals surface area contributed by atoms with Gasteiger partial charge in [-0.15, -0.1) is 0 Å². The van der Waals surface area contributed by atoms with Crippen LogP contribution in [-0.2, 0) is 6.42 Å². The fourth-order valence-corrected chi connectivity index (χ4v) is 2.10. The lowest BCUT2D eigenvalue weighted by molar-refractivity contribution is 0.416. The lowest BCUT2D eigenvalue weighted by Gasteiger charge is -2.10. The molecule has 0 aliphatic heterocycles. The molecule has 0 spiro atoms. The van der Waals surface area contributed by atoms with E-state index < -0.39 is 0 Å². The number of rotatable bonds is 4. The largest absolute Gasteiger partial charge is 0.496 e. The topological polar surface area (TPSA) is 63.9 Å². The number of anilines is 1. The number of ether oxygens (including phenoxy) is 1. The second kappa shape index (κ2) is 5.12. The molecular formula is C14H19N3O. The van der Waals surface area contributed by atoms with E-state index in [9.17, 15) is 0 Å². The maximum atomic E-state index is 5.97. The minimum Gasteiger partial charge on any atom is -0.496 e. The normalized spacial score (nSPS) is 10.9. The molecule has 1 aromatic heterocycles. The Morgan fingerprint density at radius 3 is 2.72 bits per heavy atom. The van der Waals surface area contributed by atoms with Crippen LogP contribution in [-0.4, -0.2) is 17.3 Å². The van der Waals surface area contributed by atoms with Gasteiger partial charge in [-0.05, 0) is 18.4 Å². The van der Waals surface area contributed by atoms with Crippen molar-refractivity contribution in [3.05, 3.63) is 30.0 Å². The number of aromatic amines is 1. The van der Waals surface area contributed by atoms with Crippen LogP contribution in [0.5, 0.6) is 5.75 Å². The fourth-order valence-electron chi connectivity index (χ4n) is 2.10. The Kier molecular flexibility index (Phi) is 3.55. The highest BCUT2D eigenvalue weighted by atomic mass is 16.5. The van der Waals surface area contributed by atoms with Crippen LogP contribution in [0.15, 0.2) is 24.3 Å². The molecule has 0 bridgehead atoms. The van der Waals surface area contributed by atoms with Crippen molar-refractivity contribution < 1.29 is 4.74 Å². The van der Waals surface area contributed by atoms with Crippen LogP contribution < -0.4 is 10.5 Å². The van der Waals surface area contributed by atoms with Crippen LogP contribution >= 0.6 is 0 Å². The molecule has 0 saturated carbocycles. The molecule has 1 aromatic carbocycles. The van der Waals surface area contributed by atoms with Crippen molar-refractivity contribution >= 4 is 5.82 Å². The molecule has 0 saturated heterocycles. The van der Waals surface area contributed by atoms with E-state index in [2.05, 4.69) is 24.0 Å². The summed E-state index contributed by atoms with van der Waals surface area (Å²) in [7, 11) is 1.66. The molecule has 1 heterocycles. The highest BCUT2D eigenvalue weighted by Crippen LogP contribution is 2.35. The summed E-state index contributed by atoms with van der Waals surface area (Å²) < 4.78 is 5.39. The number of aromatic nitrogens is 2. The third kappa shape index (κ3) is 2.32. The highest BCUT2D eigenvalue weighted by Gasteiger charge is 2.17. The first-order valence-electron chi connectivity index (χ1n) is 6.09. The second-order valence-corrected chi connectivity index (χ2v) is 4.76. The van der Waals surface area contributed by atoms with Gasteiger partial charge in [-0.1, -0.05) is 32.0 Å². The standard InChI is InChI=1S/C14H19N3O/c1-9(2)8-11-13(14(15)17-16-11)10-6-4-5-7-12(10)18-3/h4-7,9H,8H2,1-3H3,(H3,15,16,17). The van der Waals surface area contributed by atoms with E-state index in [1.807, 2.05) is 24.3 Å². The van der Waals surface area contributed by atoms with Gasteiger partial charge < -0.3 is 10.5 Å². The molecule has 2 rings (SSSR count). The van der Waals surface area contributed by atoms with Gasteiger partial charge in [0.2, 0.25) is 0 Å². The summed E-state index contributed by atoms with van der Waals surface area (Å²) in [5, 5.41) is 7.14. The molecule has 96 valence electrons. The quantitative estimate of drug-likeness (QED) is 0.870. The van der Waals surface area contributed by atoms with Crippen molar-refractivity contribution in [1.82, 2.24) is 10.2 Å². The summed E-state index contributed by atoms with van der Waals surface area (Å²) in [5.41, 5.74) is 8.98. The number of hydrogen-bond acceptors (Lipinski definition) is 3. The van der Waals surface area contributed by atoms with E-state index in [0.29, 0.717) is 11.7 Å². The van der Waals surface area contributed by atoms with Crippen molar-refractivity contribution in [3.8, 4) is 16.9 Å². The van der Waals surface area contributed by atoms with E-state index >= 15 is 0 Å². The summed E-state index contributed by atoms with van der Waals surface area (Å²) in [6.45, 7) is 4.34. The average molecular weight is 245 g/mol. The Hall–Kier alpha value is -1.97. The molecule has 3 N–H and O–H groups in total. The van der Waals surface area contributed by atoms with Crippen molar-refractivity contribution in [1.29, 1.82) is 0 Å². The molecule has 0 amide bonds. The Bertz CT molecular complexity index is 532. The van der Waals surface area contributed by atoms with Crippen molar-refractivity contribution in [2.24, 2.45) is 5.92 Å². The highest BCUT2D eigenvalue weighted by molar-refractivity contribution is 5.80. The number of nitrogens with two attached hydrogens (primary N) is 1. The summed E-state index contributed by atoms with van der Waals surface area (Å²) in [4.78, 5) is 0. The lowest BCUT2D eigenvalue weighted by atomic mass is 9.99. The first-order valence-corrected chi connectivity index (χ1v) is 6.09. The summed E-state index contributed by atoms with van der Waals surface area (Å²) in [5.74, 6) is 1.88. The summed E-state index contributed by atoms with van der Waals surface area (Å²) in [6, 6.07) is 7.86. The fraction of sp³-hybridized carbons (Fsp3) is 0.357. The van der Waals surface area contributed by atoms with Gasteiger partial charge in [0.15, 0.2) is 5.82 Å².